The molecule has 6 heteroatoms. The van der Waals surface area contributed by atoms with Gasteiger partial charge in [0.15, 0.2) is 0 Å². The van der Waals surface area contributed by atoms with E-state index in [0.717, 1.165) is 15.6 Å². The molecule has 1 aromatic carbocycles. The predicted octanol–water partition coefficient (Wildman–Crippen LogP) is 3.35. The molecule has 2 rings (SSSR count). The van der Waals surface area contributed by atoms with Gasteiger partial charge < -0.3 is 5.32 Å². The van der Waals surface area contributed by atoms with Crippen molar-refractivity contribution < 1.29 is 4.92 Å². The molecule has 0 radical (unpaired) electrons. The average molecular weight is 336 g/mol. The monoisotopic (exact) mass is 335 g/mol. The van der Waals surface area contributed by atoms with Crippen LogP contribution in [-0.4, -0.2) is 9.91 Å². The summed E-state index contributed by atoms with van der Waals surface area (Å²) in [6, 6.07) is 6.90. The van der Waals surface area contributed by atoms with Crippen molar-refractivity contribution in [3.63, 3.8) is 0 Å². The van der Waals surface area contributed by atoms with E-state index in [1.54, 1.807) is 24.5 Å². The molecule has 0 spiro atoms. The molecule has 0 aliphatic heterocycles. The first-order valence-corrected chi connectivity index (χ1v) is 6.90. The summed E-state index contributed by atoms with van der Waals surface area (Å²) < 4.78 is 0.833. The molecule has 0 unspecified atom stereocenters. The summed E-state index contributed by atoms with van der Waals surface area (Å²) in [5.41, 5.74) is 3.03. The molecular formula is C14H14BrN3O2. The Labute approximate surface area is 125 Å². The quantitative estimate of drug-likeness (QED) is 0.672. The molecule has 0 amide bonds. The number of halogens is 1. The Hall–Kier alpha value is -1.79. The highest BCUT2D eigenvalue weighted by Crippen LogP contribution is 2.23. The number of pyridine rings is 1. The average Bonchev–Trinajstić information content (AvgIpc) is 2.41. The SMILES string of the molecule is Cc1cnccc1CNCc1cc(Br)ccc1[N+](=O)[O-]. The number of benzene rings is 1. The second-order valence-corrected chi connectivity index (χ2v) is 5.35. The van der Waals surface area contributed by atoms with Crippen LogP contribution in [0.3, 0.4) is 0 Å². The van der Waals surface area contributed by atoms with Gasteiger partial charge in [0.1, 0.15) is 0 Å². The van der Waals surface area contributed by atoms with E-state index in [9.17, 15) is 10.1 Å². The molecule has 104 valence electrons. The molecule has 0 saturated carbocycles. The van der Waals surface area contributed by atoms with Crippen LogP contribution >= 0.6 is 15.9 Å². The van der Waals surface area contributed by atoms with Gasteiger partial charge in [0.25, 0.3) is 5.69 Å². The van der Waals surface area contributed by atoms with Crippen LogP contribution in [0.15, 0.2) is 41.1 Å². The van der Waals surface area contributed by atoms with Crippen molar-refractivity contribution in [1.29, 1.82) is 0 Å². The first-order chi connectivity index (χ1) is 9.58. The van der Waals surface area contributed by atoms with Crippen molar-refractivity contribution in [3.8, 4) is 0 Å². The van der Waals surface area contributed by atoms with Gasteiger partial charge in [-0.25, -0.2) is 0 Å². The van der Waals surface area contributed by atoms with Crippen molar-refractivity contribution >= 4 is 21.6 Å². The van der Waals surface area contributed by atoms with E-state index in [1.165, 1.54) is 6.07 Å². The van der Waals surface area contributed by atoms with E-state index in [0.29, 0.717) is 18.7 Å². The van der Waals surface area contributed by atoms with Crippen molar-refractivity contribution in [1.82, 2.24) is 10.3 Å². The molecule has 2 aromatic rings. The topological polar surface area (TPSA) is 68.1 Å². The summed E-state index contributed by atoms with van der Waals surface area (Å²) in [5, 5.41) is 14.2. The lowest BCUT2D eigenvalue weighted by Crippen LogP contribution is -2.14. The van der Waals surface area contributed by atoms with Gasteiger partial charge in [-0.3, -0.25) is 15.1 Å². The Morgan fingerprint density at radius 1 is 1.30 bits per heavy atom. The fraction of sp³-hybridized carbons (Fsp3) is 0.214. The summed E-state index contributed by atoms with van der Waals surface area (Å²) in [4.78, 5) is 14.7. The molecule has 0 fully saturated rings. The third-order valence-electron chi connectivity index (χ3n) is 3.01. The number of nitro benzene ring substituents is 1. The minimum Gasteiger partial charge on any atom is -0.308 e. The minimum absolute atomic E-state index is 0.132. The maximum Gasteiger partial charge on any atom is 0.273 e. The first-order valence-electron chi connectivity index (χ1n) is 6.11. The van der Waals surface area contributed by atoms with Crippen molar-refractivity contribution in [2.45, 2.75) is 20.0 Å². The Kier molecular flexibility index (Phi) is 4.81. The van der Waals surface area contributed by atoms with E-state index in [1.807, 2.05) is 13.0 Å². The number of hydrogen-bond acceptors (Lipinski definition) is 4. The fourth-order valence-electron chi connectivity index (χ4n) is 1.91. The van der Waals surface area contributed by atoms with Gasteiger partial charge in [0.2, 0.25) is 0 Å². The number of hydrogen-bond donors (Lipinski definition) is 1. The molecule has 0 bridgehead atoms. The number of nitrogens with zero attached hydrogens (tertiary/aromatic N) is 2. The summed E-state index contributed by atoms with van der Waals surface area (Å²) in [6.07, 6.45) is 3.55. The smallest absolute Gasteiger partial charge is 0.273 e. The Balaban J connectivity index is 2.06. The van der Waals surface area contributed by atoms with E-state index < -0.39 is 0 Å². The molecular weight excluding hydrogens is 322 g/mol. The van der Waals surface area contributed by atoms with E-state index in [-0.39, 0.29) is 10.6 Å². The normalized spacial score (nSPS) is 10.5. The Morgan fingerprint density at radius 2 is 2.05 bits per heavy atom. The van der Waals surface area contributed by atoms with E-state index in [2.05, 4.69) is 26.2 Å². The van der Waals surface area contributed by atoms with Crippen LogP contribution in [0.4, 0.5) is 5.69 Å². The van der Waals surface area contributed by atoms with E-state index in [4.69, 9.17) is 0 Å². The minimum atomic E-state index is -0.360. The van der Waals surface area contributed by atoms with Crippen LogP contribution in [0, 0.1) is 17.0 Å². The Morgan fingerprint density at radius 3 is 2.75 bits per heavy atom. The zero-order valence-electron chi connectivity index (χ0n) is 11.0. The van der Waals surface area contributed by atoms with Crippen molar-refractivity contribution in [2.24, 2.45) is 0 Å². The lowest BCUT2D eigenvalue weighted by Gasteiger charge is -2.08. The molecule has 0 aliphatic rings. The third kappa shape index (κ3) is 3.61. The van der Waals surface area contributed by atoms with Crippen LogP contribution < -0.4 is 5.32 Å². The second kappa shape index (κ2) is 6.58. The highest BCUT2D eigenvalue weighted by molar-refractivity contribution is 9.10. The van der Waals surface area contributed by atoms with Crippen LogP contribution in [0.2, 0.25) is 0 Å². The maximum atomic E-state index is 11.0. The maximum absolute atomic E-state index is 11.0. The Bertz CT molecular complexity index is 632. The summed E-state index contributed by atoms with van der Waals surface area (Å²) in [7, 11) is 0. The standard InChI is InChI=1S/C14H14BrN3O2/c1-10-7-16-5-4-11(10)8-17-9-12-6-13(15)2-3-14(12)18(19)20/h2-7,17H,8-9H2,1H3. The molecule has 1 aromatic heterocycles. The number of rotatable bonds is 5. The van der Waals surface area contributed by atoms with Crippen LogP contribution in [0.5, 0.6) is 0 Å². The van der Waals surface area contributed by atoms with Crippen molar-refractivity contribution in [3.05, 3.63) is 67.9 Å². The number of aromatic nitrogens is 1. The second-order valence-electron chi connectivity index (χ2n) is 4.44. The van der Waals surface area contributed by atoms with Crippen LogP contribution in [0.1, 0.15) is 16.7 Å². The fourth-order valence-corrected chi connectivity index (χ4v) is 2.31. The van der Waals surface area contributed by atoms with E-state index >= 15 is 0 Å². The van der Waals surface area contributed by atoms with Crippen LogP contribution in [0.25, 0.3) is 0 Å². The highest BCUT2D eigenvalue weighted by Gasteiger charge is 2.13. The van der Waals surface area contributed by atoms with Gasteiger partial charge in [-0.05, 0) is 36.2 Å². The first kappa shape index (κ1) is 14.6. The molecule has 0 atom stereocenters. The van der Waals surface area contributed by atoms with Gasteiger partial charge in [-0.15, -0.1) is 0 Å². The molecule has 1 heterocycles. The zero-order chi connectivity index (χ0) is 14.5. The molecule has 0 saturated heterocycles. The third-order valence-corrected chi connectivity index (χ3v) is 3.50. The van der Waals surface area contributed by atoms with Gasteiger partial charge in [0, 0.05) is 41.6 Å². The van der Waals surface area contributed by atoms with Crippen LogP contribution in [-0.2, 0) is 13.1 Å². The zero-order valence-corrected chi connectivity index (χ0v) is 12.6. The molecule has 5 nitrogen and oxygen atoms in total. The summed E-state index contributed by atoms with van der Waals surface area (Å²) >= 11 is 3.34. The lowest BCUT2D eigenvalue weighted by molar-refractivity contribution is -0.385. The lowest BCUT2D eigenvalue weighted by atomic mass is 10.1. The molecule has 0 aliphatic carbocycles. The van der Waals surface area contributed by atoms with Crippen molar-refractivity contribution in [2.75, 3.05) is 0 Å². The molecule has 1 N–H and O–H groups in total. The van der Waals surface area contributed by atoms with Gasteiger partial charge in [-0.1, -0.05) is 15.9 Å². The highest BCUT2D eigenvalue weighted by atomic mass is 79.9. The van der Waals surface area contributed by atoms with Gasteiger partial charge >= 0.3 is 0 Å². The number of aryl methyl sites for hydroxylation is 1. The summed E-state index contributed by atoms with van der Waals surface area (Å²) in [5.74, 6) is 0. The number of nitro groups is 1. The summed E-state index contributed by atoms with van der Waals surface area (Å²) in [6.45, 7) is 3.08. The van der Waals surface area contributed by atoms with Gasteiger partial charge in [-0.2, -0.15) is 0 Å². The number of nitrogens with one attached hydrogen (secondary N) is 1. The molecule has 20 heavy (non-hydrogen) atoms. The predicted molar refractivity (Wildman–Crippen MR) is 80.3 cm³/mol. The van der Waals surface area contributed by atoms with Gasteiger partial charge in [0.05, 0.1) is 4.92 Å². The largest absolute Gasteiger partial charge is 0.308 e.